The van der Waals surface area contributed by atoms with Crippen LogP contribution in [-0.2, 0) is 4.79 Å². The molecule has 2 fully saturated rings. The number of nitrogens with zero attached hydrogens (tertiary/aromatic N) is 3. The highest BCUT2D eigenvalue weighted by Crippen LogP contribution is 2.29. The fourth-order valence-corrected chi connectivity index (χ4v) is 3.96. The van der Waals surface area contributed by atoms with E-state index < -0.39 is 0 Å². The molecule has 0 aromatic heterocycles. The molecule has 2 heterocycles. The third-order valence-electron chi connectivity index (χ3n) is 2.85. The summed E-state index contributed by atoms with van der Waals surface area (Å²) < 4.78 is 2.15. The number of halogens is 1. The summed E-state index contributed by atoms with van der Waals surface area (Å²) >= 11 is 4.22. The molecule has 0 spiro atoms. The second-order valence-electron chi connectivity index (χ2n) is 3.63. The van der Waals surface area contributed by atoms with E-state index in [1.165, 1.54) is 0 Å². The maximum atomic E-state index is 12.0. The minimum Gasteiger partial charge on any atom is -0.322 e. The van der Waals surface area contributed by atoms with Gasteiger partial charge < -0.3 is 4.90 Å². The topological polar surface area (TPSA) is 26.8 Å². The van der Waals surface area contributed by atoms with E-state index >= 15 is 0 Å². The first-order valence-electron chi connectivity index (χ1n) is 4.69. The Hall–Kier alpha value is 0.470. The Morgan fingerprint density at radius 3 is 3.00 bits per heavy atom. The van der Waals surface area contributed by atoms with E-state index in [1.54, 1.807) is 0 Å². The molecule has 0 N–H and O–H groups in total. The lowest BCUT2D eigenvalue weighted by atomic mass is 10.2. The van der Waals surface area contributed by atoms with Gasteiger partial charge in [0, 0.05) is 48.0 Å². The van der Waals surface area contributed by atoms with E-state index in [4.69, 9.17) is 0 Å². The molecule has 2 aliphatic heterocycles. The van der Waals surface area contributed by atoms with E-state index in [-0.39, 0.29) is 18.1 Å². The van der Waals surface area contributed by atoms with Gasteiger partial charge in [0.15, 0.2) is 0 Å². The first-order valence-corrected chi connectivity index (χ1v) is 6.81. The van der Waals surface area contributed by atoms with E-state index in [0.29, 0.717) is 0 Å². The molecule has 2 saturated heterocycles. The van der Waals surface area contributed by atoms with Crippen molar-refractivity contribution in [3.63, 3.8) is 0 Å². The summed E-state index contributed by atoms with van der Waals surface area (Å²) in [6.45, 7) is 2.86. The summed E-state index contributed by atoms with van der Waals surface area (Å²) in [5, 5.41) is 2.02. The summed E-state index contributed by atoms with van der Waals surface area (Å²) in [5.41, 5.74) is 0. The second kappa shape index (κ2) is 4.15. The van der Waals surface area contributed by atoms with Crippen molar-refractivity contribution in [2.24, 2.45) is 0 Å². The minimum atomic E-state index is -0.0220. The highest BCUT2D eigenvalue weighted by molar-refractivity contribution is 14.1. The molecule has 1 unspecified atom stereocenters. The van der Waals surface area contributed by atoms with Crippen LogP contribution in [0, 0.1) is 0 Å². The van der Waals surface area contributed by atoms with E-state index in [9.17, 15) is 4.79 Å². The first kappa shape index (κ1) is 11.0. The van der Waals surface area contributed by atoms with Crippen molar-refractivity contribution in [2.45, 2.75) is 19.1 Å². The maximum Gasteiger partial charge on any atom is 0.242 e. The molecule has 0 bridgehead atoms. The van der Waals surface area contributed by atoms with Crippen LogP contribution < -0.4 is 0 Å². The van der Waals surface area contributed by atoms with Crippen molar-refractivity contribution in [1.82, 2.24) is 13.1 Å². The van der Waals surface area contributed by atoms with Crippen LogP contribution in [0.4, 0.5) is 0 Å². The number of fused-ring (bicyclic) bond motifs is 1. The molecule has 2 rings (SSSR count). The summed E-state index contributed by atoms with van der Waals surface area (Å²) in [5.74, 6) is 2.36. The van der Waals surface area contributed by atoms with Gasteiger partial charge in [-0.25, -0.2) is 5.01 Å². The first-order chi connectivity index (χ1) is 6.63. The Morgan fingerprint density at radius 1 is 1.57 bits per heavy atom. The average molecular weight is 327 g/mol. The van der Waals surface area contributed by atoms with Crippen molar-refractivity contribution in [3.8, 4) is 0 Å². The third-order valence-corrected chi connectivity index (χ3v) is 5.18. The van der Waals surface area contributed by atoms with Crippen molar-refractivity contribution in [3.05, 3.63) is 0 Å². The molecule has 0 aromatic carbocycles. The smallest absolute Gasteiger partial charge is 0.242 e. The number of hydrogen-bond acceptors (Lipinski definition) is 4. The number of hydrogen-bond donors (Lipinski definition) is 0. The molecular formula is C8H14IN3OS. The van der Waals surface area contributed by atoms with Gasteiger partial charge in [-0.3, -0.25) is 4.79 Å². The molecule has 0 saturated carbocycles. The van der Waals surface area contributed by atoms with Gasteiger partial charge >= 0.3 is 0 Å². The molecule has 0 aromatic rings. The van der Waals surface area contributed by atoms with Gasteiger partial charge in [0.25, 0.3) is 0 Å². The van der Waals surface area contributed by atoms with Gasteiger partial charge in [0.1, 0.15) is 12.2 Å². The Kier molecular flexibility index (Phi) is 3.25. The zero-order valence-corrected chi connectivity index (χ0v) is 11.3. The summed E-state index contributed by atoms with van der Waals surface area (Å²) in [7, 11) is 1.98. The highest BCUT2D eigenvalue weighted by Gasteiger charge is 2.42. The lowest BCUT2D eigenvalue weighted by Gasteiger charge is -2.49. The van der Waals surface area contributed by atoms with E-state index in [1.807, 2.05) is 35.6 Å². The highest BCUT2D eigenvalue weighted by atomic mass is 127. The Labute approximate surface area is 102 Å². The molecule has 0 radical (unpaired) electrons. The van der Waals surface area contributed by atoms with Crippen LogP contribution in [0.5, 0.6) is 0 Å². The number of amides is 1. The Morgan fingerprint density at radius 2 is 2.29 bits per heavy atom. The van der Waals surface area contributed by atoms with Crippen molar-refractivity contribution in [1.29, 1.82) is 0 Å². The monoisotopic (exact) mass is 327 g/mol. The zero-order chi connectivity index (χ0) is 10.3. The van der Waals surface area contributed by atoms with Crippen LogP contribution in [0.25, 0.3) is 0 Å². The van der Waals surface area contributed by atoms with Crippen LogP contribution in [0.1, 0.15) is 6.92 Å². The lowest BCUT2D eigenvalue weighted by Crippen LogP contribution is -2.66. The molecule has 2 atom stereocenters. The van der Waals surface area contributed by atoms with Crippen molar-refractivity contribution in [2.75, 3.05) is 25.1 Å². The number of carbonyl (C=O) groups excluding carboxylic acids is 1. The van der Waals surface area contributed by atoms with Crippen LogP contribution in [0.3, 0.4) is 0 Å². The quantitative estimate of drug-likeness (QED) is 0.486. The fourth-order valence-electron chi connectivity index (χ4n) is 1.80. The normalized spacial score (nSPS) is 35.9. The number of rotatable bonds is 0. The molecule has 80 valence electrons. The molecule has 14 heavy (non-hydrogen) atoms. The molecular weight excluding hydrogens is 313 g/mol. The predicted octanol–water partition coefficient (Wildman–Crippen LogP) is 0.789. The van der Waals surface area contributed by atoms with Gasteiger partial charge in [0.2, 0.25) is 5.91 Å². The summed E-state index contributed by atoms with van der Waals surface area (Å²) in [6, 6.07) is -0.0220. The van der Waals surface area contributed by atoms with Crippen LogP contribution >= 0.6 is 34.6 Å². The SMILES string of the molecule is CC1C(=O)N2CCSC[C@H]2N(I)N1C. The fraction of sp³-hybridized carbons (Fsp3) is 0.875. The third kappa shape index (κ3) is 1.66. The van der Waals surface area contributed by atoms with Gasteiger partial charge in [-0.05, 0) is 6.92 Å². The largest absolute Gasteiger partial charge is 0.322 e. The van der Waals surface area contributed by atoms with Crippen molar-refractivity contribution >= 4 is 40.5 Å². The van der Waals surface area contributed by atoms with Crippen LogP contribution in [-0.4, -0.2) is 56.3 Å². The average Bonchev–Trinajstić information content (AvgIpc) is 2.23. The summed E-state index contributed by atoms with van der Waals surface area (Å²) in [6.07, 6.45) is 0.253. The summed E-state index contributed by atoms with van der Waals surface area (Å²) in [4.78, 5) is 14.0. The van der Waals surface area contributed by atoms with Gasteiger partial charge in [0.05, 0.1) is 0 Å². The number of carbonyl (C=O) groups is 1. The number of likely N-dealkylation sites (N-methyl/N-ethyl adjacent to an activating group) is 1. The Bertz CT molecular complexity index is 253. The molecule has 0 aliphatic carbocycles. The molecule has 1 amide bonds. The van der Waals surface area contributed by atoms with E-state index in [2.05, 4.69) is 26.1 Å². The van der Waals surface area contributed by atoms with E-state index in [0.717, 1.165) is 18.1 Å². The van der Waals surface area contributed by atoms with Gasteiger partial charge in [-0.15, -0.1) is 0 Å². The van der Waals surface area contributed by atoms with Crippen LogP contribution in [0.2, 0.25) is 0 Å². The molecule has 6 heteroatoms. The van der Waals surface area contributed by atoms with Gasteiger partial charge in [-0.2, -0.15) is 15.0 Å². The second-order valence-corrected chi connectivity index (χ2v) is 5.76. The lowest BCUT2D eigenvalue weighted by molar-refractivity contribution is -0.159. The predicted molar refractivity (Wildman–Crippen MR) is 65.9 cm³/mol. The zero-order valence-electron chi connectivity index (χ0n) is 8.31. The van der Waals surface area contributed by atoms with Gasteiger partial charge in [-0.1, -0.05) is 0 Å². The van der Waals surface area contributed by atoms with Crippen molar-refractivity contribution < 1.29 is 4.79 Å². The molecule has 2 aliphatic rings. The standard InChI is InChI=1S/C8H14IN3OS/c1-6-8(13)11-3-4-14-5-7(11)12(9)10(6)2/h6-7H,3-5H2,1-2H3/t6?,7-/m1/s1. The number of thioether (sulfide) groups is 1. The Balaban J connectivity index is 2.21. The maximum absolute atomic E-state index is 12.0. The number of hydrazine groups is 1. The van der Waals surface area contributed by atoms with Crippen LogP contribution in [0.15, 0.2) is 0 Å². The minimum absolute atomic E-state index is 0.0220. The molecule has 4 nitrogen and oxygen atoms in total.